The van der Waals surface area contributed by atoms with E-state index in [0.29, 0.717) is 26.0 Å². The highest BCUT2D eigenvalue weighted by atomic mass is 16.5. The lowest BCUT2D eigenvalue weighted by Crippen LogP contribution is -2.25. The number of hydrogen-bond donors (Lipinski definition) is 2. The number of nitrogens with two attached hydrogens (primary N) is 1. The van der Waals surface area contributed by atoms with Gasteiger partial charge in [0.05, 0.1) is 6.61 Å². The number of ether oxygens (including phenoxy) is 1. The third-order valence-corrected chi connectivity index (χ3v) is 3.67. The Hall–Kier alpha value is -2.49. The molecule has 0 aliphatic carbocycles. The summed E-state index contributed by atoms with van der Waals surface area (Å²) in [6, 6.07) is 15.6. The Morgan fingerprint density at radius 2 is 1.87 bits per heavy atom. The molecular formula is C19H24N2O2. The first-order chi connectivity index (χ1) is 11.2. The second kappa shape index (κ2) is 8.83. The van der Waals surface area contributed by atoms with Gasteiger partial charge in [-0.1, -0.05) is 36.4 Å². The van der Waals surface area contributed by atoms with Crippen LogP contribution in [0.1, 0.15) is 24.0 Å². The fourth-order valence-electron chi connectivity index (χ4n) is 2.30. The Balaban J connectivity index is 1.60. The third-order valence-electron chi connectivity index (χ3n) is 3.67. The van der Waals surface area contributed by atoms with Gasteiger partial charge in [-0.05, 0) is 43.0 Å². The number of aryl methyl sites for hydroxylation is 2. The summed E-state index contributed by atoms with van der Waals surface area (Å²) in [5.74, 6) is 0.947. The molecule has 0 aromatic heterocycles. The molecule has 0 aliphatic heterocycles. The second-order valence-electron chi connectivity index (χ2n) is 5.52. The highest BCUT2D eigenvalue weighted by Gasteiger charge is 2.04. The lowest BCUT2D eigenvalue weighted by Gasteiger charge is -2.09. The van der Waals surface area contributed by atoms with Crippen molar-refractivity contribution in [1.29, 1.82) is 0 Å². The molecule has 4 heteroatoms. The zero-order chi connectivity index (χ0) is 16.5. The number of benzene rings is 2. The molecule has 0 saturated carbocycles. The number of para-hydroxylation sites is 2. The van der Waals surface area contributed by atoms with E-state index in [1.165, 1.54) is 0 Å². The van der Waals surface area contributed by atoms with Crippen LogP contribution in [-0.2, 0) is 11.2 Å². The molecule has 23 heavy (non-hydrogen) atoms. The molecule has 2 rings (SSSR count). The Morgan fingerprint density at radius 3 is 2.65 bits per heavy atom. The first kappa shape index (κ1) is 16.9. The van der Waals surface area contributed by atoms with Crippen molar-refractivity contribution in [1.82, 2.24) is 5.32 Å². The van der Waals surface area contributed by atoms with E-state index in [4.69, 9.17) is 10.5 Å². The number of hydrogen-bond acceptors (Lipinski definition) is 3. The molecule has 3 N–H and O–H groups in total. The normalized spacial score (nSPS) is 10.3. The summed E-state index contributed by atoms with van der Waals surface area (Å²) in [5, 5.41) is 2.91. The van der Waals surface area contributed by atoms with Gasteiger partial charge in [0, 0.05) is 18.7 Å². The van der Waals surface area contributed by atoms with Crippen LogP contribution < -0.4 is 15.8 Å². The number of rotatable bonds is 8. The number of nitrogen functional groups attached to an aromatic ring is 1. The summed E-state index contributed by atoms with van der Waals surface area (Å²) < 4.78 is 5.70. The quantitative estimate of drug-likeness (QED) is 0.581. The summed E-state index contributed by atoms with van der Waals surface area (Å²) >= 11 is 0. The van der Waals surface area contributed by atoms with E-state index in [9.17, 15) is 4.79 Å². The smallest absolute Gasteiger partial charge is 0.220 e. The van der Waals surface area contributed by atoms with Crippen molar-refractivity contribution in [3.8, 4) is 5.75 Å². The fourth-order valence-corrected chi connectivity index (χ4v) is 2.30. The Labute approximate surface area is 137 Å². The number of carbonyl (C=O) groups excluding carboxylic acids is 1. The minimum atomic E-state index is 0.0455. The van der Waals surface area contributed by atoms with E-state index in [-0.39, 0.29) is 5.91 Å². The number of anilines is 1. The largest absolute Gasteiger partial charge is 0.493 e. The molecule has 2 aromatic rings. The zero-order valence-electron chi connectivity index (χ0n) is 13.5. The molecule has 2 aromatic carbocycles. The van der Waals surface area contributed by atoms with Crippen molar-refractivity contribution in [2.24, 2.45) is 0 Å². The summed E-state index contributed by atoms with van der Waals surface area (Å²) in [6.07, 6.45) is 1.90. The molecule has 0 spiro atoms. The van der Waals surface area contributed by atoms with Crippen LogP contribution in [0.5, 0.6) is 5.75 Å². The van der Waals surface area contributed by atoms with Crippen molar-refractivity contribution in [3.05, 3.63) is 59.7 Å². The van der Waals surface area contributed by atoms with Crippen molar-refractivity contribution >= 4 is 11.6 Å². The van der Waals surface area contributed by atoms with Gasteiger partial charge in [-0.15, -0.1) is 0 Å². The van der Waals surface area contributed by atoms with Crippen LogP contribution in [0.2, 0.25) is 0 Å². The van der Waals surface area contributed by atoms with Crippen molar-refractivity contribution in [3.63, 3.8) is 0 Å². The fraction of sp³-hybridized carbons (Fsp3) is 0.316. The molecule has 0 bridgehead atoms. The Kier molecular flexibility index (Phi) is 6.48. The van der Waals surface area contributed by atoms with Crippen LogP contribution in [0.4, 0.5) is 5.69 Å². The molecule has 122 valence electrons. The Bertz CT molecular complexity index is 641. The molecule has 0 fully saturated rings. The maximum absolute atomic E-state index is 11.8. The minimum Gasteiger partial charge on any atom is -0.493 e. The lowest BCUT2D eigenvalue weighted by atomic mass is 10.1. The lowest BCUT2D eigenvalue weighted by molar-refractivity contribution is -0.121. The number of carbonyl (C=O) groups is 1. The maximum Gasteiger partial charge on any atom is 0.220 e. The van der Waals surface area contributed by atoms with Gasteiger partial charge in [0.25, 0.3) is 0 Å². The van der Waals surface area contributed by atoms with Gasteiger partial charge >= 0.3 is 0 Å². The van der Waals surface area contributed by atoms with E-state index in [1.54, 1.807) is 0 Å². The molecular weight excluding hydrogens is 288 g/mol. The first-order valence-corrected chi connectivity index (χ1v) is 7.95. The van der Waals surface area contributed by atoms with Crippen LogP contribution in [0.3, 0.4) is 0 Å². The van der Waals surface area contributed by atoms with Crippen LogP contribution >= 0.6 is 0 Å². The average molecular weight is 312 g/mol. The molecule has 0 atom stereocenters. The third kappa shape index (κ3) is 5.66. The Morgan fingerprint density at radius 1 is 1.13 bits per heavy atom. The van der Waals surface area contributed by atoms with Gasteiger partial charge in [0.15, 0.2) is 0 Å². The van der Waals surface area contributed by atoms with Crippen LogP contribution in [-0.4, -0.2) is 19.1 Å². The van der Waals surface area contributed by atoms with Gasteiger partial charge in [-0.3, -0.25) is 4.79 Å². The van der Waals surface area contributed by atoms with Crippen molar-refractivity contribution in [2.75, 3.05) is 18.9 Å². The van der Waals surface area contributed by atoms with Gasteiger partial charge in [0.2, 0.25) is 5.91 Å². The molecule has 1 amide bonds. The number of amides is 1. The number of nitrogens with one attached hydrogen (secondary N) is 1. The standard InChI is InChI=1S/C19H24N2O2/c1-15-7-2-5-10-18(15)23-14-6-13-21-19(22)12-11-16-8-3-4-9-17(16)20/h2-5,7-10H,6,11-14,20H2,1H3,(H,21,22). The highest BCUT2D eigenvalue weighted by molar-refractivity contribution is 5.76. The van der Waals surface area contributed by atoms with Gasteiger partial charge in [0.1, 0.15) is 5.75 Å². The van der Waals surface area contributed by atoms with Crippen molar-refractivity contribution in [2.45, 2.75) is 26.2 Å². The average Bonchev–Trinajstić information content (AvgIpc) is 2.55. The summed E-state index contributed by atoms with van der Waals surface area (Å²) in [4.78, 5) is 11.8. The van der Waals surface area contributed by atoms with Crippen LogP contribution in [0.25, 0.3) is 0 Å². The summed E-state index contributed by atoms with van der Waals surface area (Å²) in [5.41, 5.74) is 8.75. The van der Waals surface area contributed by atoms with Crippen LogP contribution in [0, 0.1) is 6.92 Å². The molecule has 4 nitrogen and oxygen atoms in total. The van der Waals surface area contributed by atoms with E-state index < -0.39 is 0 Å². The van der Waals surface area contributed by atoms with Gasteiger partial charge in [-0.25, -0.2) is 0 Å². The molecule has 0 unspecified atom stereocenters. The first-order valence-electron chi connectivity index (χ1n) is 7.95. The highest BCUT2D eigenvalue weighted by Crippen LogP contribution is 2.16. The maximum atomic E-state index is 11.8. The molecule has 0 radical (unpaired) electrons. The minimum absolute atomic E-state index is 0.0455. The second-order valence-corrected chi connectivity index (χ2v) is 5.52. The van der Waals surface area contributed by atoms with Gasteiger partial charge < -0.3 is 15.8 Å². The van der Waals surface area contributed by atoms with E-state index in [0.717, 1.165) is 29.0 Å². The summed E-state index contributed by atoms with van der Waals surface area (Å²) in [7, 11) is 0. The predicted octanol–water partition coefficient (Wildman–Crippen LogP) is 3.10. The zero-order valence-corrected chi connectivity index (χ0v) is 13.5. The SMILES string of the molecule is Cc1ccccc1OCCCNC(=O)CCc1ccccc1N. The monoisotopic (exact) mass is 312 g/mol. The summed E-state index contributed by atoms with van der Waals surface area (Å²) in [6.45, 7) is 3.23. The van der Waals surface area contributed by atoms with E-state index >= 15 is 0 Å². The van der Waals surface area contributed by atoms with E-state index in [1.807, 2.05) is 55.5 Å². The van der Waals surface area contributed by atoms with E-state index in [2.05, 4.69) is 5.32 Å². The molecule has 0 heterocycles. The van der Waals surface area contributed by atoms with Crippen LogP contribution in [0.15, 0.2) is 48.5 Å². The predicted molar refractivity (Wildman–Crippen MR) is 93.5 cm³/mol. The molecule has 0 aliphatic rings. The van der Waals surface area contributed by atoms with Crippen molar-refractivity contribution < 1.29 is 9.53 Å². The molecule has 0 saturated heterocycles. The van der Waals surface area contributed by atoms with Gasteiger partial charge in [-0.2, -0.15) is 0 Å². The topological polar surface area (TPSA) is 64.3 Å².